The van der Waals surface area contributed by atoms with E-state index in [1.54, 1.807) is 24.4 Å². The van der Waals surface area contributed by atoms with Gasteiger partial charge < -0.3 is 10.9 Å². The Labute approximate surface area is 82.3 Å². The Balaban J connectivity index is 0. The Morgan fingerprint density at radius 3 is 2.50 bits per heavy atom. The zero-order chi connectivity index (χ0) is 7.40. The van der Waals surface area contributed by atoms with Crippen LogP contribution in [0, 0.1) is 0 Å². The molecule has 4 nitrogen and oxygen atoms in total. The van der Waals surface area contributed by atoms with E-state index in [-0.39, 0.29) is 30.6 Å². The van der Waals surface area contributed by atoms with Crippen molar-refractivity contribution in [1.82, 2.24) is 4.98 Å². The van der Waals surface area contributed by atoms with E-state index in [1.807, 2.05) is 0 Å². The molecule has 3 N–H and O–H groups in total. The third kappa shape index (κ3) is 3.41. The molecule has 0 spiro atoms. The molecule has 0 saturated heterocycles. The number of nitrogens with two attached hydrogens (primary N) is 1. The van der Waals surface area contributed by atoms with E-state index in [1.165, 1.54) is 0 Å². The molecule has 6 heteroatoms. The van der Waals surface area contributed by atoms with Gasteiger partial charge in [-0.25, -0.2) is 0 Å². The van der Waals surface area contributed by atoms with Crippen molar-refractivity contribution < 1.29 is 5.21 Å². The highest BCUT2D eigenvalue weighted by Gasteiger charge is 1.95. The molecule has 1 aromatic rings. The van der Waals surface area contributed by atoms with Gasteiger partial charge in [-0.1, -0.05) is 11.2 Å². The molecular formula is C6H9Cl2N3O. The Morgan fingerprint density at radius 1 is 1.42 bits per heavy atom. The van der Waals surface area contributed by atoms with Crippen LogP contribution in [-0.4, -0.2) is 16.0 Å². The second-order valence-corrected chi connectivity index (χ2v) is 1.70. The molecule has 0 atom stereocenters. The zero-order valence-corrected chi connectivity index (χ0v) is 7.68. The van der Waals surface area contributed by atoms with Crippen molar-refractivity contribution in [2.24, 2.45) is 10.9 Å². The van der Waals surface area contributed by atoms with E-state index >= 15 is 0 Å². The second kappa shape index (κ2) is 6.69. The maximum absolute atomic E-state index is 8.21. The monoisotopic (exact) mass is 209 g/mol. The van der Waals surface area contributed by atoms with Crippen molar-refractivity contribution in [3.05, 3.63) is 30.1 Å². The number of rotatable bonds is 1. The molecule has 0 fully saturated rings. The van der Waals surface area contributed by atoms with E-state index in [4.69, 9.17) is 10.9 Å². The molecule has 0 radical (unpaired) electrons. The summed E-state index contributed by atoms with van der Waals surface area (Å²) >= 11 is 0. The lowest BCUT2D eigenvalue weighted by Crippen LogP contribution is -2.14. The molecule has 1 rings (SSSR count). The number of nitrogens with zero attached hydrogens (tertiary/aromatic N) is 2. The third-order valence-electron chi connectivity index (χ3n) is 1.04. The lowest BCUT2D eigenvalue weighted by Gasteiger charge is -1.93. The fourth-order valence-corrected chi connectivity index (χ4v) is 0.566. The van der Waals surface area contributed by atoms with Gasteiger partial charge in [-0.15, -0.1) is 24.8 Å². The van der Waals surface area contributed by atoms with Crippen molar-refractivity contribution in [3.8, 4) is 0 Å². The van der Waals surface area contributed by atoms with Crippen molar-refractivity contribution >= 4 is 30.6 Å². The summed E-state index contributed by atoms with van der Waals surface area (Å²) in [5.74, 6) is 0.0283. The maximum Gasteiger partial charge on any atom is 0.188 e. The summed E-state index contributed by atoms with van der Waals surface area (Å²) in [6.07, 6.45) is 1.58. The molecule has 0 amide bonds. The molecular weight excluding hydrogens is 201 g/mol. The zero-order valence-electron chi connectivity index (χ0n) is 6.04. The topological polar surface area (TPSA) is 71.5 Å². The summed E-state index contributed by atoms with van der Waals surface area (Å²) in [6.45, 7) is 0. The first-order chi connectivity index (χ1) is 4.84. The Morgan fingerprint density at radius 2 is 2.08 bits per heavy atom. The molecule has 0 aliphatic heterocycles. The molecule has 0 aliphatic carbocycles. The number of halogens is 2. The Bertz CT molecular complexity index is 240. The van der Waals surface area contributed by atoms with Gasteiger partial charge in [-0.05, 0) is 12.1 Å². The van der Waals surface area contributed by atoms with E-state index in [2.05, 4.69) is 10.1 Å². The van der Waals surface area contributed by atoms with Crippen molar-refractivity contribution in [3.63, 3.8) is 0 Å². The van der Waals surface area contributed by atoms with Gasteiger partial charge in [0.2, 0.25) is 0 Å². The van der Waals surface area contributed by atoms with Crippen LogP contribution >= 0.6 is 24.8 Å². The average molecular weight is 210 g/mol. The fourth-order valence-electron chi connectivity index (χ4n) is 0.566. The molecule has 0 unspecified atom stereocenters. The van der Waals surface area contributed by atoms with Crippen LogP contribution in [0.5, 0.6) is 0 Å². The van der Waals surface area contributed by atoms with Crippen LogP contribution in [0.3, 0.4) is 0 Å². The molecule has 12 heavy (non-hydrogen) atoms. The van der Waals surface area contributed by atoms with Gasteiger partial charge in [0, 0.05) is 6.20 Å². The summed E-state index contributed by atoms with van der Waals surface area (Å²) in [5, 5.41) is 11.0. The van der Waals surface area contributed by atoms with Crippen LogP contribution in [-0.2, 0) is 0 Å². The molecule has 0 aromatic carbocycles. The van der Waals surface area contributed by atoms with Crippen molar-refractivity contribution in [2.45, 2.75) is 0 Å². The Kier molecular flexibility index (Phi) is 7.58. The minimum Gasteiger partial charge on any atom is -0.409 e. The van der Waals surface area contributed by atoms with Crippen LogP contribution in [0.25, 0.3) is 0 Å². The van der Waals surface area contributed by atoms with Gasteiger partial charge in [0.05, 0.1) is 0 Å². The predicted octanol–water partition coefficient (Wildman–Crippen LogP) is 1.02. The SMILES string of the molecule is Cl.Cl.N/C(=N\O)c1ccccn1. The average Bonchev–Trinajstić information content (AvgIpc) is 2.05. The minimum atomic E-state index is 0. The van der Waals surface area contributed by atoms with E-state index in [9.17, 15) is 0 Å². The summed E-state index contributed by atoms with van der Waals surface area (Å²) in [5.41, 5.74) is 5.71. The molecule has 0 saturated carbocycles. The summed E-state index contributed by atoms with van der Waals surface area (Å²) in [4.78, 5) is 3.83. The fraction of sp³-hybridized carbons (Fsp3) is 0. The lowest BCUT2D eigenvalue weighted by molar-refractivity contribution is 0.318. The van der Waals surface area contributed by atoms with Crippen LogP contribution < -0.4 is 5.73 Å². The number of amidine groups is 1. The molecule has 1 heterocycles. The van der Waals surface area contributed by atoms with Crippen LogP contribution in [0.1, 0.15) is 5.69 Å². The van der Waals surface area contributed by atoms with Crippen LogP contribution in [0.4, 0.5) is 0 Å². The molecule has 0 bridgehead atoms. The molecule has 0 aliphatic rings. The summed E-state index contributed by atoms with van der Waals surface area (Å²) in [7, 11) is 0. The minimum absolute atomic E-state index is 0. The summed E-state index contributed by atoms with van der Waals surface area (Å²) < 4.78 is 0. The first kappa shape index (κ1) is 13.6. The quantitative estimate of drug-likeness (QED) is 0.314. The smallest absolute Gasteiger partial charge is 0.188 e. The predicted molar refractivity (Wildman–Crippen MR) is 51.2 cm³/mol. The van der Waals surface area contributed by atoms with Gasteiger partial charge in [0.1, 0.15) is 5.69 Å². The van der Waals surface area contributed by atoms with Crippen LogP contribution in [0.15, 0.2) is 29.6 Å². The van der Waals surface area contributed by atoms with Gasteiger partial charge in [0.25, 0.3) is 0 Å². The first-order valence-electron chi connectivity index (χ1n) is 2.73. The van der Waals surface area contributed by atoms with E-state index < -0.39 is 0 Å². The van der Waals surface area contributed by atoms with Gasteiger partial charge in [-0.2, -0.15) is 0 Å². The third-order valence-corrected chi connectivity index (χ3v) is 1.04. The molecule has 68 valence electrons. The van der Waals surface area contributed by atoms with Crippen molar-refractivity contribution in [2.75, 3.05) is 0 Å². The second-order valence-electron chi connectivity index (χ2n) is 1.70. The molecule has 1 aromatic heterocycles. The van der Waals surface area contributed by atoms with E-state index in [0.29, 0.717) is 5.69 Å². The number of aromatic nitrogens is 1. The largest absolute Gasteiger partial charge is 0.409 e. The van der Waals surface area contributed by atoms with Crippen LogP contribution in [0.2, 0.25) is 0 Å². The highest BCUT2D eigenvalue weighted by Crippen LogP contribution is 1.90. The lowest BCUT2D eigenvalue weighted by atomic mass is 10.3. The number of oxime groups is 1. The highest BCUT2D eigenvalue weighted by molar-refractivity contribution is 5.94. The van der Waals surface area contributed by atoms with E-state index in [0.717, 1.165) is 0 Å². The Hall–Kier alpha value is -1.00. The number of pyridine rings is 1. The van der Waals surface area contributed by atoms with Crippen molar-refractivity contribution in [1.29, 1.82) is 0 Å². The number of hydrogen-bond acceptors (Lipinski definition) is 3. The number of hydrogen-bond donors (Lipinski definition) is 2. The van der Waals surface area contributed by atoms with Gasteiger partial charge >= 0.3 is 0 Å². The maximum atomic E-state index is 8.21. The first-order valence-corrected chi connectivity index (χ1v) is 2.73. The standard InChI is InChI=1S/C6H7N3O.2ClH/c7-6(9-10)5-3-1-2-4-8-5;;/h1-4,10H,(H2,7,9);2*1H. The summed E-state index contributed by atoms with van der Waals surface area (Å²) in [6, 6.07) is 5.18. The highest BCUT2D eigenvalue weighted by atomic mass is 35.5. The van der Waals surface area contributed by atoms with Gasteiger partial charge in [0.15, 0.2) is 5.84 Å². The normalized spacial score (nSPS) is 9.50. The van der Waals surface area contributed by atoms with Gasteiger partial charge in [-0.3, -0.25) is 4.98 Å².